The molecule has 56 heavy (non-hydrogen) atoms. The number of carbonyl (C=O) groups excluding carboxylic acids is 5. The third-order valence-electron chi connectivity index (χ3n) is 10.4. The van der Waals surface area contributed by atoms with Gasteiger partial charge in [-0.3, -0.25) is 28.9 Å². The van der Waals surface area contributed by atoms with Gasteiger partial charge in [-0.1, -0.05) is 94.8 Å². The van der Waals surface area contributed by atoms with Gasteiger partial charge >= 0.3 is 0 Å². The molecule has 2 aromatic carbocycles. The molecule has 4 amide bonds. The number of ketones is 1. The van der Waals surface area contributed by atoms with Crippen molar-refractivity contribution in [1.29, 1.82) is 0 Å². The van der Waals surface area contributed by atoms with Crippen molar-refractivity contribution >= 4 is 29.4 Å². The second kappa shape index (κ2) is 22.6. The minimum Gasteiger partial charge on any atom is -0.379 e. The number of ether oxygens (including phenoxy) is 2. The van der Waals surface area contributed by atoms with Crippen molar-refractivity contribution in [2.45, 2.75) is 122 Å². The average Bonchev–Trinajstić information content (AvgIpc) is 3.94. The lowest BCUT2D eigenvalue weighted by molar-refractivity contribution is -0.135. The predicted octanol–water partition coefficient (Wildman–Crippen LogP) is 4.14. The van der Waals surface area contributed by atoms with Gasteiger partial charge in [-0.05, 0) is 75.0 Å². The molecule has 0 radical (unpaired) electrons. The summed E-state index contributed by atoms with van der Waals surface area (Å²) in [5.41, 5.74) is 0.935. The summed E-state index contributed by atoms with van der Waals surface area (Å²) >= 11 is 0. The van der Waals surface area contributed by atoms with Crippen LogP contribution in [0.5, 0.6) is 0 Å². The van der Waals surface area contributed by atoms with E-state index in [1.165, 1.54) is 0 Å². The lowest BCUT2D eigenvalue weighted by atomic mass is 9.93. The number of nitrogens with one attached hydrogen (secondary N) is 4. The first kappa shape index (κ1) is 44.6. The van der Waals surface area contributed by atoms with E-state index in [1.807, 2.05) is 88.4 Å². The maximum atomic E-state index is 14.1. The molecule has 0 aromatic heterocycles. The fraction of sp³-hybridized carbons (Fsp3) is 0.614. The number of morpholine rings is 1. The van der Waals surface area contributed by atoms with E-state index >= 15 is 0 Å². The van der Waals surface area contributed by atoms with Gasteiger partial charge in [0.15, 0.2) is 5.78 Å². The quantitative estimate of drug-likeness (QED) is 0.0916. The van der Waals surface area contributed by atoms with E-state index in [4.69, 9.17) is 9.47 Å². The van der Waals surface area contributed by atoms with Gasteiger partial charge in [-0.2, -0.15) is 0 Å². The Bertz CT molecular complexity index is 1540. The van der Waals surface area contributed by atoms with Crippen LogP contribution < -0.4 is 21.3 Å². The summed E-state index contributed by atoms with van der Waals surface area (Å²) in [6.45, 7) is 14.3. The van der Waals surface area contributed by atoms with Gasteiger partial charge in [0.25, 0.3) is 0 Å². The van der Waals surface area contributed by atoms with Crippen molar-refractivity contribution in [3.8, 4) is 0 Å². The predicted molar refractivity (Wildman–Crippen MR) is 217 cm³/mol. The van der Waals surface area contributed by atoms with Crippen LogP contribution in [0.3, 0.4) is 0 Å². The third-order valence-corrected chi connectivity index (χ3v) is 10.4. The fourth-order valence-corrected chi connectivity index (χ4v) is 7.01. The number of benzene rings is 2. The van der Waals surface area contributed by atoms with E-state index in [9.17, 15) is 24.0 Å². The van der Waals surface area contributed by atoms with Gasteiger partial charge in [0.05, 0.1) is 25.9 Å². The summed E-state index contributed by atoms with van der Waals surface area (Å²) in [6.07, 6.45) is 4.72. The highest BCUT2D eigenvalue weighted by Gasteiger charge is 2.50. The zero-order valence-electron chi connectivity index (χ0n) is 34.1. The van der Waals surface area contributed by atoms with Crippen LogP contribution in [0.1, 0.15) is 90.7 Å². The maximum Gasteiger partial charge on any atom is 0.243 e. The molecule has 0 bridgehead atoms. The first-order chi connectivity index (χ1) is 26.8. The van der Waals surface area contributed by atoms with Crippen molar-refractivity contribution in [1.82, 2.24) is 26.2 Å². The number of unbranched alkanes of at least 4 members (excludes halogenated alkanes) is 2. The van der Waals surface area contributed by atoms with Gasteiger partial charge in [0.2, 0.25) is 23.6 Å². The standard InChI is InChI=1S/C44H65N5O7/c1-31(2)27-36(40(51)44(5)30-56-44)46-43(54)38(29-34-17-11-7-12-18-34)48-42(53)37(28-32(3)4)47-41(52)35(21-20-33-15-9-6-10-16-33)45-39(50)19-13-8-14-22-49-23-25-55-26-24-49/h6-7,9-12,15-18,31-32,35-38H,8,13-14,19-30H2,1-5H3,(H,45,50)(H,46,54)(H,47,52)(H,48,53)/t35-,36-,37-,38-,44+/m0/s1. The number of nitrogens with zero attached hydrogens (tertiary/aromatic N) is 1. The Kier molecular flexibility index (Phi) is 18.0. The summed E-state index contributed by atoms with van der Waals surface area (Å²) in [5.74, 6) is -1.70. The van der Waals surface area contributed by atoms with Crippen LogP contribution in [-0.4, -0.2) is 104 Å². The Morgan fingerprint density at radius 3 is 1.82 bits per heavy atom. The average molecular weight is 776 g/mol. The first-order valence-electron chi connectivity index (χ1n) is 20.6. The number of epoxide rings is 1. The van der Waals surface area contributed by atoms with E-state index in [0.717, 1.165) is 56.8 Å². The highest BCUT2D eigenvalue weighted by atomic mass is 16.6. The van der Waals surface area contributed by atoms with Crippen molar-refractivity contribution in [3.63, 3.8) is 0 Å². The SMILES string of the molecule is CC(C)C[C@H](NC(=O)[C@H](CCc1ccccc1)NC(=O)CCCCCN1CCOCC1)C(=O)N[C@@H](Cc1ccccc1)C(=O)N[C@@H](CC(C)C)C(=O)[C@@]1(C)CO1. The zero-order chi connectivity index (χ0) is 40.5. The van der Waals surface area contributed by atoms with Crippen LogP contribution in [0.2, 0.25) is 0 Å². The van der Waals surface area contributed by atoms with E-state index in [0.29, 0.717) is 45.1 Å². The summed E-state index contributed by atoms with van der Waals surface area (Å²) in [5, 5.41) is 11.8. The molecule has 0 unspecified atom stereocenters. The molecule has 12 nitrogen and oxygen atoms in total. The molecule has 2 heterocycles. The number of amides is 4. The summed E-state index contributed by atoms with van der Waals surface area (Å²) in [4.78, 5) is 71.1. The highest BCUT2D eigenvalue weighted by molar-refractivity contribution is 5.98. The van der Waals surface area contributed by atoms with Crippen molar-refractivity contribution in [2.24, 2.45) is 11.8 Å². The number of carbonyl (C=O) groups is 5. The molecule has 2 aliphatic rings. The Morgan fingerprint density at radius 1 is 0.679 bits per heavy atom. The molecule has 12 heteroatoms. The van der Waals surface area contributed by atoms with Crippen LogP contribution in [0.25, 0.3) is 0 Å². The van der Waals surface area contributed by atoms with Gasteiger partial charge < -0.3 is 30.7 Å². The molecule has 0 saturated carbocycles. The fourth-order valence-electron chi connectivity index (χ4n) is 7.01. The summed E-state index contributed by atoms with van der Waals surface area (Å²) in [6, 6.07) is 15.5. The molecule has 0 aliphatic carbocycles. The second-order valence-electron chi connectivity index (χ2n) is 16.4. The Hall–Kier alpha value is -4.13. The Labute approximate surface area is 333 Å². The van der Waals surface area contributed by atoms with E-state index in [-0.39, 0.29) is 29.9 Å². The Balaban J connectivity index is 1.45. The van der Waals surface area contributed by atoms with Gasteiger partial charge in [0, 0.05) is 25.9 Å². The molecule has 2 fully saturated rings. The van der Waals surface area contributed by atoms with Crippen LogP contribution in [0.15, 0.2) is 60.7 Å². The smallest absolute Gasteiger partial charge is 0.243 e. The minimum atomic E-state index is -1.02. The van der Waals surface area contributed by atoms with E-state index in [2.05, 4.69) is 26.2 Å². The molecule has 2 saturated heterocycles. The minimum absolute atomic E-state index is 0.0228. The number of Topliss-reactive ketones (excluding diaryl/α,β-unsaturated/α-hetero) is 1. The van der Waals surface area contributed by atoms with Crippen molar-refractivity contribution < 1.29 is 33.4 Å². The summed E-state index contributed by atoms with van der Waals surface area (Å²) < 4.78 is 10.8. The van der Waals surface area contributed by atoms with Crippen molar-refractivity contribution in [2.75, 3.05) is 39.5 Å². The molecule has 2 aliphatic heterocycles. The summed E-state index contributed by atoms with van der Waals surface area (Å²) in [7, 11) is 0. The molecular weight excluding hydrogens is 711 g/mol. The monoisotopic (exact) mass is 775 g/mol. The number of rotatable bonds is 24. The zero-order valence-corrected chi connectivity index (χ0v) is 34.1. The normalized spacial score (nSPS) is 19.1. The van der Waals surface area contributed by atoms with Gasteiger partial charge in [0.1, 0.15) is 23.7 Å². The number of hydrogen-bond donors (Lipinski definition) is 4. The molecule has 4 N–H and O–H groups in total. The van der Waals surface area contributed by atoms with Gasteiger partial charge in [-0.15, -0.1) is 0 Å². The first-order valence-corrected chi connectivity index (χ1v) is 20.6. The maximum absolute atomic E-state index is 14.1. The number of aryl methyl sites for hydroxylation is 1. The van der Waals surface area contributed by atoms with Crippen LogP contribution in [0, 0.1) is 11.8 Å². The molecule has 2 aromatic rings. The largest absolute Gasteiger partial charge is 0.379 e. The molecule has 4 rings (SSSR count). The van der Waals surface area contributed by atoms with E-state index in [1.54, 1.807) is 6.92 Å². The van der Waals surface area contributed by atoms with Crippen LogP contribution in [-0.2, 0) is 46.3 Å². The topological polar surface area (TPSA) is 158 Å². The lowest BCUT2D eigenvalue weighted by Crippen LogP contribution is -2.59. The lowest BCUT2D eigenvalue weighted by Gasteiger charge is -2.28. The second-order valence-corrected chi connectivity index (χ2v) is 16.4. The van der Waals surface area contributed by atoms with Crippen molar-refractivity contribution in [3.05, 3.63) is 71.8 Å². The Morgan fingerprint density at radius 2 is 1.21 bits per heavy atom. The van der Waals surface area contributed by atoms with Crippen LogP contribution in [0.4, 0.5) is 0 Å². The highest BCUT2D eigenvalue weighted by Crippen LogP contribution is 2.29. The number of hydrogen-bond acceptors (Lipinski definition) is 8. The van der Waals surface area contributed by atoms with Crippen LogP contribution >= 0.6 is 0 Å². The van der Waals surface area contributed by atoms with Gasteiger partial charge in [-0.25, -0.2) is 0 Å². The molecule has 0 spiro atoms. The molecule has 5 atom stereocenters. The van der Waals surface area contributed by atoms with E-state index < -0.39 is 47.5 Å². The third kappa shape index (κ3) is 15.4. The molecule has 308 valence electrons. The molecular formula is C44H65N5O7.